The number of carbonyl (C=O) groups excluding carboxylic acids is 1. The number of rotatable bonds is 6. The van der Waals surface area contributed by atoms with E-state index in [1.165, 1.54) is 19.3 Å². The molecule has 1 aliphatic rings. The number of aromatic nitrogens is 2. The lowest BCUT2D eigenvalue weighted by Crippen LogP contribution is -2.47. The summed E-state index contributed by atoms with van der Waals surface area (Å²) in [7, 11) is 1.88. The molecule has 1 atom stereocenters. The lowest BCUT2D eigenvalue weighted by molar-refractivity contribution is -0.140. The van der Waals surface area contributed by atoms with Gasteiger partial charge in [0.1, 0.15) is 6.10 Å². The summed E-state index contributed by atoms with van der Waals surface area (Å²) in [5.74, 6) is -0.0260. The van der Waals surface area contributed by atoms with Crippen LogP contribution >= 0.6 is 0 Å². The van der Waals surface area contributed by atoms with Gasteiger partial charge in [0.05, 0.1) is 17.8 Å². The summed E-state index contributed by atoms with van der Waals surface area (Å²) in [6.07, 6.45) is 10.2. The zero-order valence-corrected chi connectivity index (χ0v) is 14.3. The van der Waals surface area contributed by atoms with Crippen LogP contribution in [0, 0.1) is 0 Å². The SMILES string of the molecule is CC[C@H](OC1CCCCC1)C(=O)NC(C)(C)c1cnn(C)c1. The number of carbonyl (C=O) groups is 1. The third-order valence-electron chi connectivity index (χ3n) is 4.43. The maximum absolute atomic E-state index is 12.6. The summed E-state index contributed by atoms with van der Waals surface area (Å²) in [5, 5.41) is 7.29. The highest BCUT2D eigenvalue weighted by atomic mass is 16.5. The molecule has 1 heterocycles. The fraction of sp³-hybridized carbons (Fsp3) is 0.765. The van der Waals surface area contributed by atoms with Gasteiger partial charge in [-0.1, -0.05) is 26.2 Å². The number of nitrogens with zero attached hydrogens (tertiary/aromatic N) is 2. The summed E-state index contributed by atoms with van der Waals surface area (Å²) in [6.45, 7) is 5.99. The molecule has 5 nitrogen and oxygen atoms in total. The number of aryl methyl sites for hydroxylation is 1. The molecule has 2 rings (SSSR count). The number of amides is 1. The molecule has 1 aromatic heterocycles. The quantitative estimate of drug-likeness (QED) is 0.879. The first-order valence-corrected chi connectivity index (χ1v) is 8.39. The van der Waals surface area contributed by atoms with Crippen LogP contribution in [0.1, 0.15) is 64.9 Å². The zero-order chi connectivity index (χ0) is 16.2. The van der Waals surface area contributed by atoms with Crippen molar-refractivity contribution in [1.29, 1.82) is 0 Å². The second-order valence-corrected chi connectivity index (χ2v) is 6.81. The minimum atomic E-state index is -0.450. The number of nitrogens with one attached hydrogen (secondary N) is 1. The molecule has 0 spiro atoms. The molecule has 22 heavy (non-hydrogen) atoms. The first kappa shape index (κ1) is 17.0. The molecular weight excluding hydrogens is 278 g/mol. The Labute approximate surface area is 133 Å². The molecule has 124 valence electrons. The maximum Gasteiger partial charge on any atom is 0.249 e. The summed E-state index contributed by atoms with van der Waals surface area (Å²) < 4.78 is 7.81. The van der Waals surface area contributed by atoms with Gasteiger partial charge in [0.2, 0.25) is 5.91 Å². The predicted octanol–water partition coefficient (Wildman–Crippen LogP) is 2.90. The smallest absolute Gasteiger partial charge is 0.249 e. The molecule has 1 saturated carbocycles. The van der Waals surface area contributed by atoms with Crippen LogP contribution in [0.5, 0.6) is 0 Å². The van der Waals surface area contributed by atoms with E-state index in [0.29, 0.717) is 6.42 Å². The van der Waals surface area contributed by atoms with Crippen LogP contribution in [0.3, 0.4) is 0 Å². The van der Waals surface area contributed by atoms with E-state index in [1.807, 2.05) is 34.0 Å². The molecule has 0 aliphatic heterocycles. The van der Waals surface area contributed by atoms with Crippen molar-refractivity contribution >= 4 is 5.91 Å². The van der Waals surface area contributed by atoms with Gasteiger partial charge in [-0.3, -0.25) is 9.48 Å². The monoisotopic (exact) mass is 307 g/mol. The highest BCUT2D eigenvalue weighted by molar-refractivity contribution is 5.81. The lowest BCUT2D eigenvalue weighted by Gasteiger charge is -2.30. The maximum atomic E-state index is 12.6. The summed E-state index contributed by atoms with van der Waals surface area (Å²) >= 11 is 0. The highest BCUT2D eigenvalue weighted by Crippen LogP contribution is 2.23. The molecule has 0 bridgehead atoms. The minimum absolute atomic E-state index is 0.0260. The van der Waals surface area contributed by atoms with Crippen LogP contribution in [-0.4, -0.2) is 27.9 Å². The standard InChI is InChI=1S/C17H29N3O2/c1-5-15(22-14-9-7-6-8-10-14)16(21)19-17(2,3)13-11-18-20(4)12-13/h11-12,14-15H,5-10H2,1-4H3,(H,19,21)/t15-/m0/s1. The molecule has 1 fully saturated rings. The molecule has 0 aromatic carbocycles. The van der Waals surface area contributed by atoms with Crippen molar-refractivity contribution in [2.75, 3.05) is 0 Å². The normalized spacial score (nSPS) is 18.2. The first-order chi connectivity index (χ1) is 10.4. The van der Waals surface area contributed by atoms with Crippen LogP contribution in [0.2, 0.25) is 0 Å². The van der Waals surface area contributed by atoms with E-state index in [0.717, 1.165) is 18.4 Å². The summed E-state index contributed by atoms with van der Waals surface area (Å²) in [4.78, 5) is 12.6. The van der Waals surface area contributed by atoms with E-state index in [-0.39, 0.29) is 18.1 Å². The van der Waals surface area contributed by atoms with Gasteiger partial charge < -0.3 is 10.1 Å². The van der Waals surface area contributed by atoms with Crippen molar-refractivity contribution < 1.29 is 9.53 Å². The molecule has 1 N–H and O–H groups in total. The van der Waals surface area contributed by atoms with Gasteiger partial charge in [-0.05, 0) is 33.1 Å². The molecule has 0 unspecified atom stereocenters. The van der Waals surface area contributed by atoms with Crippen LogP contribution in [0.25, 0.3) is 0 Å². The Hall–Kier alpha value is -1.36. The van der Waals surface area contributed by atoms with E-state index in [2.05, 4.69) is 10.4 Å². The third kappa shape index (κ3) is 4.32. The second kappa shape index (κ2) is 7.27. The van der Waals surface area contributed by atoms with Gasteiger partial charge in [-0.25, -0.2) is 0 Å². The fourth-order valence-corrected chi connectivity index (χ4v) is 2.98. The van der Waals surface area contributed by atoms with E-state index in [9.17, 15) is 4.79 Å². The van der Waals surface area contributed by atoms with Gasteiger partial charge in [0.25, 0.3) is 0 Å². The Kier molecular flexibility index (Phi) is 5.62. The van der Waals surface area contributed by atoms with Crippen LogP contribution in [0.15, 0.2) is 12.4 Å². The molecular formula is C17H29N3O2. The van der Waals surface area contributed by atoms with Crippen molar-refractivity contribution in [2.24, 2.45) is 7.05 Å². The molecule has 1 amide bonds. The molecule has 5 heteroatoms. The van der Waals surface area contributed by atoms with Gasteiger partial charge in [0, 0.05) is 18.8 Å². The highest BCUT2D eigenvalue weighted by Gasteiger charge is 2.29. The first-order valence-electron chi connectivity index (χ1n) is 8.39. The molecule has 0 saturated heterocycles. The van der Waals surface area contributed by atoms with Gasteiger partial charge in [-0.15, -0.1) is 0 Å². The molecule has 0 radical (unpaired) electrons. The fourth-order valence-electron chi connectivity index (χ4n) is 2.98. The lowest BCUT2D eigenvalue weighted by atomic mass is 9.96. The van der Waals surface area contributed by atoms with Crippen molar-refractivity contribution in [1.82, 2.24) is 15.1 Å². The second-order valence-electron chi connectivity index (χ2n) is 6.81. The van der Waals surface area contributed by atoms with Crippen molar-refractivity contribution in [3.8, 4) is 0 Å². The van der Waals surface area contributed by atoms with Crippen LogP contribution in [0.4, 0.5) is 0 Å². The number of hydrogen-bond acceptors (Lipinski definition) is 3. The number of ether oxygens (including phenoxy) is 1. The van der Waals surface area contributed by atoms with Crippen molar-refractivity contribution in [3.05, 3.63) is 18.0 Å². The van der Waals surface area contributed by atoms with E-state index in [4.69, 9.17) is 4.74 Å². The van der Waals surface area contributed by atoms with E-state index in [1.54, 1.807) is 10.9 Å². The molecule has 1 aromatic rings. The topological polar surface area (TPSA) is 56.1 Å². The summed E-state index contributed by atoms with van der Waals surface area (Å²) in [6, 6.07) is 0. The van der Waals surface area contributed by atoms with Gasteiger partial charge in [0.15, 0.2) is 0 Å². The largest absolute Gasteiger partial charge is 0.365 e. The Morgan fingerprint density at radius 3 is 2.68 bits per heavy atom. The van der Waals surface area contributed by atoms with Gasteiger partial charge in [-0.2, -0.15) is 5.10 Å². The Morgan fingerprint density at radius 2 is 2.14 bits per heavy atom. The molecule has 1 aliphatic carbocycles. The number of hydrogen-bond donors (Lipinski definition) is 1. The van der Waals surface area contributed by atoms with Crippen LogP contribution in [-0.2, 0) is 22.1 Å². The third-order valence-corrected chi connectivity index (χ3v) is 4.43. The summed E-state index contributed by atoms with van der Waals surface area (Å²) in [5.41, 5.74) is 0.546. The Balaban J connectivity index is 1.95. The Morgan fingerprint density at radius 1 is 1.45 bits per heavy atom. The van der Waals surface area contributed by atoms with Crippen LogP contribution < -0.4 is 5.32 Å². The van der Waals surface area contributed by atoms with Gasteiger partial charge >= 0.3 is 0 Å². The average Bonchev–Trinajstić information content (AvgIpc) is 2.93. The minimum Gasteiger partial charge on any atom is -0.365 e. The zero-order valence-electron chi connectivity index (χ0n) is 14.3. The Bertz CT molecular complexity index is 490. The predicted molar refractivity (Wildman–Crippen MR) is 86.4 cm³/mol. The van der Waals surface area contributed by atoms with E-state index >= 15 is 0 Å². The van der Waals surface area contributed by atoms with Crippen molar-refractivity contribution in [2.45, 2.75) is 77.0 Å². The van der Waals surface area contributed by atoms with Crippen molar-refractivity contribution in [3.63, 3.8) is 0 Å². The average molecular weight is 307 g/mol. The van der Waals surface area contributed by atoms with E-state index < -0.39 is 5.54 Å².